The van der Waals surface area contributed by atoms with E-state index in [1.165, 1.54) is 12.2 Å². The standard InChI is InChI=1S/C7H5NO2/c9-5-8-6-2-1-3-7(10)4-6/h1-3H,4H2. The van der Waals surface area contributed by atoms with E-state index in [1.807, 2.05) is 0 Å². The van der Waals surface area contributed by atoms with Crippen LogP contribution < -0.4 is 0 Å². The number of isocyanates is 1. The Balaban J connectivity index is 2.79. The highest BCUT2D eigenvalue weighted by Gasteiger charge is 2.04. The Kier molecular flexibility index (Phi) is 1.92. The fraction of sp³-hybridized carbons (Fsp3) is 0.143. The Hall–Kier alpha value is -1.47. The van der Waals surface area contributed by atoms with E-state index >= 15 is 0 Å². The molecule has 3 heteroatoms. The van der Waals surface area contributed by atoms with Gasteiger partial charge in [-0.2, -0.15) is 4.99 Å². The highest BCUT2D eigenvalue weighted by molar-refractivity contribution is 5.93. The lowest BCUT2D eigenvalue weighted by molar-refractivity contribution is -0.114. The molecule has 0 aromatic carbocycles. The number of hydrogen-bond donors (Lipinski definition) is 0. The highest BCUT2D eigenvalue weighted by atomic mass is 16.1. The van der Waals surface area contributed by atoms with E-state index in [1.54, 1.807) is 12.2 Å². The van der Waals surface area contributed by atoms with Crippen LogP contribution in [0.3, 0.4) is 0 Å². The van der Waals surface area contributed by atoms with Gasteiger partial charge in [-0.15, -0.1) is 0 Å². The molecule has 0 saturated heterocycles. The van der Waals surface area contributed by atoms with Crippen LogP contribution in [0.1, 0.15) is 6.42 Å². The molecule has 0 fully saturated rings. The third kappa shape index (κ3) is 1.50. The van der Waals surface area contributed by atoms with E-state index in [2.05, 4.69) is 4.99 Å². The van der Waals surface area contributed by atoms with E-state index in [4.69, 9.17) is 0 Å². The van der Waals surface area contributed by atoms with Crippen LogP contribution in [0.5, 0.6) is 0 Å². The smallest absolute Gasteiger partial charge is 0.240 e. The van der Waals surface area contributed by atoms with Crippen molar-refractivity contribution in [3.63, 3.8) is 0 Å². The van der Waals surface area contributed by atoms with Crippen LogP contribution >= 0.6 is 0 Å². The summed E-state index contributed by atoms with van der Waals surface area (Å²) in [6.07, 6.45) is 6.23. The van der Waals surface area contributed by atoms with Crippen molar-refractivity contribution in [1.29, 1.82) is 0 Å². The van der Waals surface area contributed by atoms with E-state index in [0.29, 0.717) is 5.70 Å². The van der Waals surface area contributed by atoms with Crippen molar-refractivity contribution < 1.29 is 9.59 Å². The summed E-state index contributed by atoms with van der Waals surface area (Å²) in [5.41, 5.74) is 0.475. The highest BCUT2D eigenvalue weighted by Crippen LogP contribution is 2.08. The van der Waals surface area contributed by atoms with E-state index in [9.17, 15) is 9.59 Å². The number of nitrogens with zero attached hydrogens (tertiary/aromatic N) is 1. The predicted octanol–water partition coefficient (Wildman–Crippen LogP) is 0.735. The minimum Gasteiger partial charge on any atom is -0.294 e. The Bertz CT molecular complexity index is 257. The predicted molar refractivity (Wildman–Crippen MR) is 35.0 cm³/mol. The van der Waals surface area contributed by atoms with Crippen LogP contribution in [0.15, 0.2) is 28.9 Å². The molecule has 0 spiro atoms. The zero-order valence-electron chi connectivity index (χ0n) is 5.20. The Labute approximate surface area is 57.8 Å². The third-order valence-corrected chi connectivity index (χ3v) is 1.12. The molecule has 1 aliphatic carbocycles. The molecule has 0 bridgehead atoms. The number of allylic oxidation sites excluding steroid dienone is 4. The molecular weight excluding hydrogens is 130 g/mol. The lowest BCUT2D eigenvalue weighted by Crippen LogP contribution is -1.97. The number of carbonyl (C=O) groups is 1. The number of rotatable bonds is 1. The minimum atomic E-state index is -0.0310. The van der Waals surface area contributed by atoms with Gasteiger partial charge in [0.1, 0.15) is 0 Å². The molecule has 50 valence electrons. The van der Waals surface area contributed by atoms with Crippen molar-refractivity contribution in [2.75, 3.05) is 0 Å². The second-order valence-corrected chi connectivity index (χ2v) is 1.86. The van der Waals surface area contributed by atoms with E-state index in [-0.39, 0.29) is 12.2 Å². The SMILES string of the molecule is O=C=NC1=CC=CC(=O)C1. The molecule has 1 rings (SSSR count). The van der Waals surface area contributed by atoms with Gasteiger partial charge in [0.2, 0.25) is 6.08 Å². The van der Waals surface area contributed by atoms with Crippen LogP contribution in [0.2, 0.25) is 0 Å². The molecule has 0 aromatic heterocycles. The zero-order valence-corrected chi connectivity index (χ0v) is 5.20. The summed E-state index contributed by atoms with van der Waals surface area (Å²) in [4.78, 5) is 23.7. The Morgan fingerprint density at radius 3 is 3.00 bits per heavy atom. The molecule has 0 amide bonds. The maximum absolute atomic E-state index is 10.6. The van der Waals surface area contributed by atoms with Crippen molar-refractivity contribution >= 4 is 11.9 Å². The van der Waals surface area contributed by atoms with Crippen LogP contribution in [0.4, 0.5) is 0 Å². The summed E-state index contributed by atoms with van der Waals surface area (Å²) >= 11 is 0. The summed E-state index contributed by atoms with van der Waals surface area (Å²) < 4.78 is 0. The van der Waals surface area contributed by atoms with Gasteiger partial charge < -0.3 is 0 Å². The van der Waals surface area contributed by atoms with Gasteiger partial charge in [-0.1, -0.05) is 6.08 Å². The number of carbonyl (C=O) groups excluding carboxylic acids is 2. The van der Waals surface area contributed by atoms with E-state index < -0.39 is 0 Å². The summed E-state index contributed by atoms with van der Waals surface area (Å²) in [5, 5.41) is 0. The van der Waals surface area contributed by atoms with Gasteiger partial charge in [-0.05, 0) is 12.2 Å². The summed E-state index contributed by atoms with van der Waals surface area (Å²) in [6.45, 7) is 0. The maximum Gasteiger partial charge on any atom is 0.240 e. The quantitative estimate of drug-likeness (QED) is 0.393. The molecule has 0 unspecified atom stereocenters. The molecule has 3 nitrogen and oxygen atoms in total. The number of aliphatic imine (C=N–C) groups is 1. The molecule has 0 N–H and O–H groups in total. The monoisotopic (exact) mass is 135 g/mol. The second kappa shape index (κ2) is 2.90. The Morgan fingerprint density at radius 1 is 1.60 bits per heavy atom. The van der Waals surface area contributed by atoms with Gasteiger partial charge >= 0.3 is 0 Å². The summed E-state index contributed by atoms with van der Waals surface area (Å²) in [7, 11) is 0. The van der Waals surface area contributed by atoms with Crippen LogP contribution in [0.25, 0.3) is 0 Å². The number of ketones is 1. The van der Waals surface area contributed by atoms with Crippen molar-refractivity contribution in [2.45, 2.75) is 6.42 Å². The Morgan fingerprint density at radius 2 is 2.40 bits per heavy atom. The van der Waals surface area contributed by atoms with Crippen molar-refractivity contribution in [3.8, 4) is 0 Å². The van der Waals surface area contributed by atoms with E-state index in [0.717, 1.165) is 0 Å². The second-order valence-electron chi connectivity index (χ2n) is 1.86. The van der Waals surface area contributed by atoms with Crippen molar-refractivity contribution in [3.05, 3.63) is 23.9 Å². The van der Waals surface area contributed by atoms with Gasteiger partial charge in [0.15, 0.2) is 5.78 Å². The summed E-state index contributed by atoms with van der Waals surface area (Å²) in [5.74, 6) is -0.0310. The lowest BCUT2D eigenvalue weighted by Gasteiger charge is -1.97. The first-order chi connectivity index (χ1) is 4.83. The molecule has 0 radical (unpaired) electrons. The summed E-state index contributed by atoms with van der Waals surface area (Å²) in [6, 6.07) is 0. The van der Waals surface area contributed by atoms with Gasteiger partial charge in [-0.3, -0.25) is 4.79 Å². The molecule has 0 atom stereocenters. The normalized spacial score (nSPS) is 16.0. The number of hydrogen-bond acceptors (Lipinski definition) is 3. The molecule has 10 heavy (non-hydrogen) atoms. The third-order valence-electron chi connectivity index (χ3n) is 1.12. The fourth-order valence-corrected chi connectivity index (χ4v) is 0.698. The average molecular weight is 135 g/mol. The van der Waals surface area contributed by atoms with Gasteiger partial charge in [0.25, 0.3) is 0 Å². The largest absolute Gasteiger partial charge is 0.294 e. The molecular formula is C7H5NO2. The van der Waals surface area contributed by atoms with Crippen molar-refractivity contribution in [1.82, 2.24) is 0 Å². The molecule has 0 aliphatic heterocycles. The molecule has 1 aliphatic rings. The van der Waals surface area contributed by atoms with Crippen LogP contribution in [0, 0.1) is 0 Å². The first kappa shape index (κ1) is 6.65. The topological polar surface area (TPSA) is 46.5 Å². The fourth-order valence-electron chi connectivity index (χ4n) is 0.698. The lowest BCUT2D eigenvalue weighted by atomic mass is 10.1. The molecule has 0 saturated carbocycles. The first-order valence-electron chi connectivity index (χ1n) is 2.81. The molecule has 0 aromatic rings. The zero-order chi connectivity index (χ0) is 7.40. The van der Waals surface area contributed by atoms with Crippen LogP contribution in [-0.4, -0.2) is 11.9 Å². The van der Waals surface area contributed by atoms with Gasteiger partial charge in [0, 0.05) is 0 Å². The average Bonchev–Trinajstić information content (AvgIpc) is 1.88. The van der Waals surface area contributed by atoms with Gasteiger partial charge in [0.05, 0.1) is 12.1 Å². The minimum absolute atomic E-state index is 0.0310. The van der Waals surface area contributed by atoms with Crippen LogP contribution in [-0.2, 0) is 9.59 Å². The first-order valence-corrected chi connectivity index (χ1v) is 2.81. The van der Waals surface area contributed by atoms with Gasteiger partial charge in [-0.25, -0.2) is 4.79 Å². The van der Waals surface area contributed by atoms with Crippen molar-refractivity contribution in [2.24, 2.45) is 4.99 Å². The maximum atomic E-state index is 10.6. The molecule has 0 heterocycles.